The van der Waals surface area contributed by atoms with Gasteiger partial charge in [-0.3, -0.25) is 0 Å². The third-order valence-electron chi connectivity index (χ3n) is 20.7. The first-order valence-corrected chi connectivity index (χ1v) is 35.6. The number of rotatable bonds is 14. The molecule has 0 bridgehead atoms. The minimum atomic E-state index is -3.75. The summed E-state index contributed by atoms with van der Waals surface area (Å²) in [6.45, 7) is 14.4. The third kappa shape index (κ3) is 22.1. The monoisotopic (exact) mass is 1400 g/mol. The van der Waals surface area contributed by atoms with E-state index in [2.05, 4.69) is 68.8 Å². The standard InChI is InChI=1S/C22H26F2.C22H24F2.C21H22F4O.C14H19FO.C7H5F3.4H2/c2*1-15-3-6-17(7-4-15)8-9-18-10-12-19(13-11-18)20-14-5-16(2)21(23)22(20)24;1-13-3-6-15(7-4-13)16-8-10-17(11-9-16)21(24,25)26-18-12-5-14(2)19(22)20(18)23;1-11-2-4-12(5-3-11)13-6-8-14(9-7-13)16-10-15;1-4-2-3-5(8)7(10)6(4)9;;;;/h5,10-15,17H,3-4,6-9H2,1-2H3;5,8-15,17H,3-4,6-7H2,1-2H3;5,8-13,15H,3-4,6-7H2,1-2H3;6-9,11-12H,2-5,10H2,1H3;2-3H,1H3;4*1H. The molecule has 14 heteroatoms. The summed E-state index contributed by atoms with van der Waals surface area (Å²) in [7, 11) is 0. The predicted molar refractivity (Wildman–Crippen MR) is 388 cm³/mol. The molecule has 8 aromatic rings. The van der Waals surface area contributed by atoms with E-state index < -0.39 is 71.1 Å². The maximum atomic E-state index is 14.4. The van der Waals surface area contributed by atoms with Gasteiger partial charge in [0.05, 0.1) is 5.56 Å². The lowest BCUT2D eigenvalue weighted by atomic mass is 9.79. The summed E-state index contributed by atoms with van der Waals surface area (Å²) >= 11 is 0. The average Bonchev–Trinajstić information content (AvgIpc) is 0.811. The van der Waals surface area contributed by atoms with Crippen LogP contribution in [0.2, 0.25) is 0 Å². The van der Waals surface area contributed by atoms with Gasteiger partial charge in [-0.05, 0) is 218 Å². The molecule has 2 nitrogen and oxygen atoms in total. The fraction of sp³-hybridized carbons (Fsp3) is 0.419. The Morgan fingerprint density at radius 1 is 0.410 bits per heavy atom. The molecule has 0 aromatic heterocycles. The van der Waals surface area contributed by atoms with Crippen molar-refractivity contribution >= 4 is 6.08 Å². The number of aryl methyl sites for hydroxylation is 5. The molecule has 4 aliphatic rings. The van der Waals surface area contributed by atoms with E-state index in [9.17, 15) is 52.7 Å². The first-order chi connectivity index (χ1) is 47.8. The van der Waals surface area contributed by atoms with Crippen LogP contribution in [0.4, 0.5) is 52.7 Å². The van der Waals surface area contributed by atoms with E-state index in [1.54, 1.807) is 50.2 Å². The van der Waals surface area contributed by atoms with Crippen LogP contribution in [0, 0.1) is 116 Å². The number of alkyl halides is 3. The molecule has 100 heavy (non-hydrogen) atoms. The van der Waals surface area contributed by atoms with Crippen molar-refractivity contribution in [2.75, 3.05) is 6.86 Å². The lowest BCUT2D eigenvalue weighted by Crippen LogP contribution is -2.23. The van der Waals surface area contributed by atoms with E-state index in [1.165, 1.54) is 133 Å². The van der Waals surface area contributed by atoms with Crippen LogP contribution < -0.4 is 9.47 Å². The molecule has 12 rings (SSSR count). The van der Waals surface area contributed by atoms with Crippen LogP contribution in [-0.4, -0.2) is 6.86 Å². The van der Waals surface area contributed by atoms with Crippen molar-refractivity contribution < 1.29 is 67.9 Å². The van der Waals surface area contributed by atoms with E-state index in [4.69, 9.17) is 4.74 Å². The first-order valence-electron chi connectivity index (χ1n) is 35.6. The van der Waals surface area contributed by atoms with Gasteiger partial charge in [0.25, 0.3) is 0 Å². The molecule has 0 amide bonds. The van der Waals surface area contributed by atoms with Crippen LogP contribution in [0.5, 0.6) is 11.5 Å². The summed E-state index contributed by atoms with van der Waals surface area (Å²) in [4.78, 5) is 0. The molecule has 0 saturated heterocycles. The minimum Gasteiger partial charge on any atom is -0.463 e. The first kappa shape index (κ1) is 78.0. The van der Waals surface area contributed by atoms with Crippen molar-refractivity contribution in [1.29, 1.82) is 0 Å². The molecule has 0 N–H and O–H groups in total. The number of hydrogen-bond donors (Lipinski definition) is 0. The second kappa shape index (κ2) is 37.3. The predicted octanol–water partition coefficient (Wildman–Crippen LogP) is 27.9. The Kier molecular flexibility index (Phi) is 29.1. The second-order valence-corrected chi connectivity index (χ2v) is 28.5. The molecular formula is C86H104F12O2. The van der Waals surface area contributed by atoms with Gasteiger partial charge in [0, 0.05) is 16.8 Å². The summed E-state index contributed by atoms with van der Waals surface area (Å²) in [6.07, 6.45) is 23.2. The van der Waals surface area contributed by atoms with E-state index in [0.717, 1.165) is 84.6 Å². The Hall–Kier alpha value is -7.74. The van der Waals surface area contributed by atoms with Crippen LogP contribution in [0.1, 0.15) is 204 Å². The van der Waals surface area contributed by atoms with Gasteiger partial charge in [-0.15, -0.1) is 0 Å². The Labute approximate surface area is 590 Å². The maximum absolute atomic E-state index is 14.4. The van der Waals surface area contributed by atoms with Crippen LogP contribution in [0.25, 0.3) is 28.3 Å². The van der Waals surface area contributed by atoms with E-state index in [-0.39, 0.29) is 22.4 Å². The Balaban J connectivity index is 0.000000280. The molecule has 0 spiro atoms. The minimum absolute atomic E-state index is 0. The molecule has 8 aromatic carbocycles. The number of halogens is 12. The van der Waals surface area contributed by atoms with Gasteiger partial charge < -0.3 is 9.47 Å². The van der Waals surface area contributed by atoms with Crippen molar-refractivity contribution in [3.05, 3.63) is 254 Å². The molecule has 4 saturated carbocycles. The SMILES string of the molecule is CC1CCC(c2ccc(OCF)cc2)CC1.Cc1ccc(-c2ccc(C=CC3CCC(C)CC3)cc2)c(F)c1F.Cc1ccc(-c2ccc(CCC3CCC(C)CC3)cc2)c(F)c1F.Cc1ccc(F)c(F)c1F.Cc1ccc(OC(F)(F)c2ccc(C3CCC(C)CC3)cc2)c(F)c1F.[HH].[HH].[HH].[HH]. The second-order valence-electron chi connectivity index (χ2n) is 28.5. The van der Waals surface area contributed by atoms with Gasteiger partial charge in [0.2, 0.25) is 12.7 Å². The molecule has 0 aliphatic heterocycles. The summed E-state index contributed by atoms with van der Waals surface area (Å²) in [5.74, 6) is -3.51. The maximum Gasteiger partial charge on any atom is 0.426 e. The van der Waals surface area contributed by atoms with Crippen molar-refractivity contribution in [3.8, 4) is 33.8 Å². The number of benzene rings is 8. The molecule has 0 atom stereocenters. The van der Waals surface area contributed by atoms with Crippen molar-refractivity contribution in [2.24, 2.45) is 35.5 Å². The fourth-order valence-electron chi connectivity index (χ4n) is 13.6. The zero-order chi connectivity index (χ0) is 72.2. The largest absolute Gasteiger partial charge is 0.463 e. The van der Waals surface area contributed by atoms with Crippen LogP contribution >= 0.6 is 0 Å². The highest BCUT2D eigenvalue weighted by Gasteiger charge is 2.36. The zero-order valence-electron chi connectivity index (χ0n) is 58.9. The van der Waals surface area contributed by atoms with Crippen LogP contribution in [0.15, 0.2) is 152 Å². The van der Waals surface area contributed by atoms with E-state index in [1.807, 2.05) is 48.5 Å². The zero-order valence-corrected chi connectivity index (χ0v) is 58.9. The third-order valence-corrected chi connectivity index (χ3v) is 20.7. The summed E-state index contributed by atoms with van der Waals surface area (Å²) in [5, 5.41) is 0. The molecule has 4 fully saturated rings. The van der Waals surface area contributed by atoms with Gasteiger partial charge in [-0.2, -0.15) is 13.2 Å². The summed E-state index contributed by atoms with van der Waals surface area (Å²) < 4.78 is 170. The Morgan fingerprint density at radius 2 is 0.810 bits per heavy atom. The van der Waals surface area contributed by atoms with Gasteiger partial charge in [0.15, 0.2) is 52.3 Å². The Bertz CT molecular complexity index is 3870. The van der Waals surface area contributed by atoms with Crippen molar-refractivity contribution in [2.45, 2.75) is 189 Å². The lowest BCUT2D eigenvalue weighted by Gasteiger charge is -2.27. The molecule has 544 valence electrons. The normalized spacial score (nSPS) is 20.6. The lowest BCUT2D eigenvalue weighted by molar-refractivity contribution is -0.187. The molecule has 4 aliphatic carbocycles. The van der Waals surface area contributed by atoms with Crippen molar-refractivity contribution in [1.82, 2.24) is 0 Å². The van der Waals surface area contributed by atoms with Gasteiger partial charge in [-0.1, -0.05) is 213 Å². The molecular weight excluding hydrogens is 1290 g/mol. The molecule has 0 unspecified atom stereocenters. The van der Waals surface area contributed by atoms with Gasteiger partial charge in [-0.25, -0.2) is 39.5 Å². The molecule has 0 heterocycles. The Morgan fingerprint density at radius 3 is 1.27 bits per heavy atom. The van der Waals surface area contributed by atoms with Gasteiger partial charge in [0.1, 0.15) is 5.75 Å². The quantitative estimate of drug-likeness (QED) is 0.0798. The smallest absolute Gasteiger partial charge is 0.426 e. The highest BCUT2D eigenvalue weighted by atomic mass is 19.3. The highest BCUT2D eigenvalue weighted by molar-refractivity contribution is 5.67. The molecule has 0 radical (unpaired) electrons. The summed E-state index contributed by atoms with van der Waals surface area (Å²) in [5.41, 5.74) is 7.32. The van der Waals surface area contributed by atoms with E-state index in [0.29, 0.717) is 57.2 Å². The average molecular weight is 1400 g/mol. The van der Waals surface area contributed by atoms with E-state index >= 15 is 0 Å². The topological polar surface area (TPSA) is 18.5 Å². The van der Waals surface area contributed by atoms with Crippen LogP contribution in [-0.2, 0) is 12.5 Å². The van der Waals surface area contributed by atoms with Gasteiger partial charge >= 0.3 is 6.11 Å². The summed E-state index contributed by atoms with van der Waals surface area (Å²) in [6, 6.07) is 40.3. The number of hydrogen-bond acceptors (Lipinski definition) is 2. The van der Waals surface area contributed by atoms with Crippen LogP contribution in [0.3, 0.4) is 0 Å². The fourth-order valence-corrected chi connectivity index (χ4v) is 13.6. The number of ether oxygens (including phenoxy) is 2. The van der Waals surface area contributed by atoms with Crippen molar-refractivity contribution in [3.63, 3.8) is 0 Å². The number of allylic oxidation sites excluding steroid dienone is 1. The highest BCUT2D eigenvalue weighted by Crippen LogP contribution is 2.41.